The number of nitrogens with zero attached hydrogens (tertiary/aromatic N) is 2. The second-order valence-electron chi connectivity index (χ2n) is 10.9. The van der Waals surface area contributed by atoms with Crippen LogP contribution in [0.15, 0.2) is 114 Å². The molecule has 4 aromatic carbocycles. The molecule has 0 aliphatic carbocycles. The van der Waals surface area contributed by atoms with Gasteiger partial charge in [0.25, 0.3) is 10.0 Å². The summed E-state index contributed by atoms with van der Waals surface area (Å²) >= 11 is 6.25. The van der Waals surface area contributed by atoms with E-state index < -0.39 is 46.2 Å². The minimum atomic E-state index is -4.77. The number of anilines is 1. The molecule has 4 aromatic rings. The zero-order valence-corrected chi connectivity index (χ0v) is 27.2. The minimum absolute atomic E-state index is 0.0973. The Bertz CT molecular complexity index is 1760. The van der Waals surface area contributed by atoms with Gasteiger partial charge in [-0.2, -0.15) is 13.2 Å². The summed E-state index contributed by atoms with van der Waals surface area (Å²) in [7, 11) is -4.55. The first-order valence-electron chi connectivity index (χ1n) is 15.0. The van der Waals surface area contributed by atoms with Crippen LogP contribution in [0.4, 0.5) is 18.9 Å². The van der Waals surface area contributed by atoms with E-state index in [1.165, 1.54) is 35.2 Å². The largest absolute Gasteiger partial charge is 0.416 e. The Hall–Kier alpha value is -4.35. The van der Waals surface area contributed by atoms with Gasteiger partial charge >= 0.3 is 6.18 Å². The summed E-state index contributed by atoms with van der Waals surface area (Å²) in [5.41, 5.74) is -0.115. The lowest BCUT2D eigenvalue weighted by atomic mass is 10.0. The molecule has 0 heterocycles. The number of carbonyl (C=O) groups excluding carboxylic acids is 2. The van der Waals surface area contributed by atoms with Gasteiger partial charge in [0.1, 0.15) is 12.6 Å². The molecule has 1 N–H and O–H groups in total. The molecule has 2 amide bonds. The second-order valence-corrected chi connectivity index (χ2v) is 13.2. The molecule has 4 rings (SSSR count). The highest BCUT2D eigenvalue weighted by Crippen LogP contribution is 2.33. The van der Waals surface area contributed by atoms with Gasteiger partial charge in [0.05, 0.1) is 16.1 Å². The van der Waals surface area contributed by atoms with Gasteiger partial charge in [-0.15, -0.1) is 0 Å². The van der Waals surface area contributed by atoms with Crippen molar-refractivity contribution in [3.8, 4) is 0 Å². The summed E-state index contributed by atoms with van der Waals surface area (Å²) in [5, 5.41) is 3.27. The van der Waals surface area contributed by atoms with Crippen molar-refractivity contribution < 1.29 is 31.2 Å². The Kier molecular flexibility index (Phi) is 12.1. The molecule has 1 atom stereocenters. The fraction of sp³-hybridized carbons (Fsp3) is 0.257. The molecule has 0 saturated heterocycles. The summed E-state index contributed by atoms with van der Waals surface area (Å²) < 4.78 is 69.9. The molecule has 0 aliphatic heterocycles. The van der Waals surface area contributed by atoms with Crippen molar-refractivity contribution in [2.75, 3.05) is 17.4 Å². The number of sulfonamides is 1. The van der Waals surface area contributed by atoms with Gasteiger partial charge in [-0.1, -0.05) is 91.7 Å². The van der Waals surface area contributed by atoms with Gasteiger partial charge in [0.2, 0.25) is 11.8 Å². The van der Waals surface area contributed by atoms with E-state index in [9.17, 15) is 31.2 Å². The average Bonchev–Trinajstić information content (AvgIpc) is 3.05. The minimum Gasteiger partial charge on any atom is -0.354 e. The van der Waals surface area contributed by atoms with Gasteiger partial charge in [0.15, 0.2) is 0 Å². The van der Waals surface area contributed by atoms with Crippen LogP contribution in [0, 0.1) is 0 Å². The normalized spacial score (nSPS) is 12.3. The van der Waals surface area contributed by atoms with E-state index in [1.54, 1.807) is 42.5 Å². The monoisotopic (exact) mass is 685 g/mol. The smallest absolute Gasteiger partial charge is 0.354 e. The maximum absolute atomic E-state index is 14.4. The first-order valence-corrected chi connectivity index (χ1v) is 16.8. The third-order valence-electron chi connectivity index (χ3n) is 7.41. The summed E-state index contributed by atoms with van der Waals surface area (Å²) in [6.07, 6.45) is -3.15. The summed E-state index contributed by atoms with van der Waals surface area (Å²) in [4.78, 5) is 29.2. The molecule has 0 saturated carbocycles. The average molecular weight is 686 g/mol. The van der Waals surface area contributed by atoms with Gasteiger partial charge in [-0.05, 0) is 60.0 Å². The molecular weight excluding hydrogens is 651 g/mol. The van der Waals surface area contributed by atoms with Crippen molar-refractivity contribution in [3.05, 3.63) is 131 Å². The molecule has 0 bridgehead atoms. The highest BCUT2D eigenvalue weighted by atomic mass is 35.5. The SMILES string of the molecule is CCCCNC(=O)C(Cc1ccccc1)N(Cc1cccc(Cl)c1)C(=O)CN(c1cccc(C(F)(F)F)c1)S(=O)(=O)c1ccccc1. The van der Waals surface area contributed by atoms with Gasteiger partial charge in [-0.3, -0.25) is 13.9 Å². The molecule has 0 fully saturated rings. The van der Waals surface area contributed by atoms with Gasteiger partial charge in [0, 0.05) is 24.5 Å². The summed E-state index contributed by atoms with van der Waals surface area (Å²) in [6.45, 7) is 1.32. The Balaban J connectivity index is 1.82. The number of hydrogen-bond acceptors (Lipinski definition) is 4. The Morgan fingerprint density at radius 3 is 2.13 bits per heavy atom. The maximum atomic E-state index is 14.4. The lowest BCUT2D eigenvalue weighted by Crippen LogP contribution is -2.53. The van der Waals surface area contributed by atoms with E-state index in [4.69, 9.17) is 11.6 Å². The molecule has 248 valence electrons. The van der Waals surface area contributed by atoms with Crippen LogP contribution in [0.5, 0.6) is 0 Å². The molecule has 47 heavy (non-hydrogen) atoms. The van der Waals surface area contributed by atoms with Crippen molar-refractivity contribution in [2.24, 2.45) is 0 Å². The predicted octanol–water partition coefficient (Wildman–Crippen LogP) is 7.11. The van der Waals surface area contributed by atoms with Crippen LogP contribution in [0.3, 0.4) is 0 Å². The zero-order chi connectivity index (χ0) is 34.0. The number of nitrogens with one attached hydrogen (secondary N) is 1. The molecular formula is C35H35ClF3N3O4S. The third kappa shape index (κ3) is 9.59. The number of carbonyl (C=O) groups is 2. The van der Waals surface area contributed by atoms with E-state index in [0.29, 0.717) is 33.9 Å². The molecule has 0 aromatic heterocycles. The second kappa shape index (κ2) is 16.0. The van der Waals surface area contributed by atoms with Crippen LogP contribution in [0.2, 0.25) is 5.02 Å². The number of hydrogen-bond donors (Lipinski definition) is 1. The Morgan fingerprint density at radius 2 is 1.49 bits per heavy atom. The van der Waals surface area contributed by atoms with E-state index in [0.717, 1.165) is 24.1 Å². The lowest BCUT2D eigenvalue weighted by molar-refractivity contribution is -0.140. The van der Waals surface area contributed by atoms with E-state index >= 15 is 0 Å². The molecule has 0 radical (unpaired) electrons. The van der Waals surface area contributed by atoms with E-state index in [1.807, 2.05) is 25.1 Å². The first kappa shape index (κ1) is 35.5. The Labute approximate surface area is 278 Å². The molecule has 0 spiro atoms. The van der Waals surface area contributed by atoms with Crippen LogP contribution in [0.1, 0.15) is 36.5 Å². The van der Waals surface area contributed by atoms with Crippen molar-refractivity contribution in [3.63, 3.8) is 0 Å². The third-order valence-corrected chi connectivity index (χ3v) is 9.44. The lowest BCUT2D eigenvalue weighted by Gasteiger charge is -2.34. The van der Waals surface area contributed by atoms with E-state index in [2.05, 4.69) is 5.32 Å². The van der Waals surface area contributed by atoms with Crippen molar-refractivity contribution in [1.29, 1.82) is 0 Å². The highest BCUT2D eigenvalue weighted by Gasteiger charge is 2.36. The Morgan fingerprint density at radius 1 is 0.851 bits per heavy atom. The van der Waals surface area contributed by atoms with Crippen molar-refractivity contribution in [2.45, 2.75) is 49.8 Å². The quantitative estimate of drug-likeness (QED) is 0.143. The standard InChI is InChI=1S/C35H35ClF3N3O4S/c1-2-3-20-40-34(44)32(22-26-12-6-4-7-13-26)41(24-27-14-10-16-29(36)21-27)33(43)25-42(47(45,46)31-18-8-5-9-19-31)30-17-11-15-28(23-30)35(37,38)39/h4-19,21,23,32H,2-3,20,22,24-25H2,1H3,(H,40,44). The number of benzene rings is 4. The van der Waals surface area contributed by atoms with Crippen LogP contribution >= 0.6 is 11.6 Å². The molecule has 12 heteroatoms. The van der Waals surface area contributed by atoms with Crippen molar-refractivity contribution in [1.82, 2.24) is 10.2 Å². The fourth-order valence-corrected chi connectivity index (χ4v) is 6.62. The van der Waals surface area contributed by atoms with Crippen molar-refractivity contribution >= 4 is 39.1 Å². The predicted molar refractivity (Wildman–Crippen MR) is 176 cm³/mol. The van der Waals surface area contributed by atoms with Crippen LogP contribution in [0.25, 0.3) is 0 Å². The number of unbranched alkanes of at least 4 members (excludes halogenated alkanes) is 1. The van der Waals surface area contributed by atoms with Gasteiger partial charge in [-0.25, -0.2) is 8.42 Å². The first-order chi connectivity index (χ1) is 22.4. The summed E-state index contributed by atoms with van der Waals surface area (Å²) in [6, 6.07) is 25.5. The number of alkyl halides is 3. The van der Waals surface area contributed by atoms with Crippen LogP contribution in [-0.2, 0) is 38.8 Å². The maximum Gasteiger partial charge on any atom is 0.416 e. The van der Waals surface area contributed by atoms with Crippen LogP contribution in [-0.4, -0.2) is 44.3 Å². The topological polar surface area (TPSA) is 86.8 Å². The number of amides is 2. The highest BCUT2D eigenvalue weighted by molar-refractivity contribution is 7.92. The fourth-order valence-electron chi connectivity index (χ4n) is 4.98. The molecule has 7 nitrogen and oxygen atoms in total. The summed E-state index contributed by atoms with van der Waals surface area (Å²) in [5.74, 6) is -1.25. The van der Waals surface area contributed by atoms with Gasteiger partial charge < -0.3 is 10.2 Å². The molecule has 1 unspecified atom stereocenters. The number of rotatable bonds is 14. The van der Waals surface area contributed by atoms with Crippen LogP contribution < -0.4 is 9.62 Å². The zero-order valence-electron chi connectivity index (χ0n) is 25.7. The number of halogens is 4. The van der Waals surface area contributed by atoms with E-state index in [-0.39, 0.29) is 23.5 Å². The molecule has 0 aliphatic rings.